The van der Waals surface area contributed by atoms with Crippen LogP contribution < -0.4 is 5.32 Å². The third-order valence-corrected chi connectivity index (χ3v) is 3.94. The number of carbonyl (C=O) groups excluding carboxylic acids is 1. The molecule has 0 radical (unpaired) electrons. The molecule has 4 rings (SSSR count). The Kier molecular flexibility index (Phi) is 3.46. The van der Waals surface area contributed by atoms with Gasteiger partial charge in [0.1, 0.15) is 0 Å². The molecule has 2 aromatic heterocycles. The van der Waals surface area contributed by atoms with E-state index in [9.17, 15) is 4.79 Å². The molecule has 2 heterocycles. The first kappa shape index (κ1) is 14.4. The van der Waals surface area contributed by atoms with E-state index in [2.05, 4.69) is 37.9 Å². The molecule has 0 saturated heterocycles. The molecular formula is C19H16N4O. The first-order chi connectivity index (χ1) is 11.7. The van der Waals surface area contributed by atoms with Gasteiger partial charge in [0, 0.05) is 24.4 Å². The Morgan fingerprint density at radius 1 is 1.25 bits per heavy atom. The standard InChI is InChI=1S/C19H16N4O/c1-13(24)22-16-8-4-7-15(9-16)17-12-23-18(14-5-2-3-6-14)10-21-19(23)11-20-17/h2,4-12H,3H2,1H3,(H,22,24). The SMILES string of the molecule is CC(=O)Nc1cccc(-c2cn3c(C4=CCC=C4)cnc3cn2)c1. The van der Waals surface area contributed by atoms with Crippen molar-refractivity contribution in [3.8, 4) is 11.3 Å². The van der Waals surface area contributed by atoms with E-state index in [4.69, 9.17) is 0 Å². The van der Waals surface area contributed by atoms with E-state index in [0.29, 0.717) is 0 Å². The molecule has 0 spiro atoms. The molecule has 0 aliphatic heterocycles. The molecule has 0 bridgehead atoms. The lowest BCUT2D eigenvalue weighted by molar-refractivity contribution is -0.114. The molecule has 1 N–H and O–H groups in total. The van der Waals surface area contributed by atoms with Gasteiger partial charge in [0.15, 0.2) is 5.65 Å². The van der Waals surface area contributed by atoms with Crippen molar-refractivity contribution in [2.75, 3.05) is 5.32 Å². The second kappa shape index (κ2) is 5.77. The summed E-state index contributed by atoms with van der Waals surface area (Å²) in [6.07, 6.45) is 13.0. The fourth-order valence-electron chi connectivity index (χ4n) is 2.86. The topological polar surface area (TPSA) is 59.3 Å². The van der Waals surface area contributed by atoms with E-state index in [0.717, 1.165) is 34.7 Å². The van der Waals surface area contributed by atoms with E-state index in [1.807, 2.05) is 36.7 Å². The first-order valence-electron chi connectivity index (χ1n) is 7.79. The van der Waals surface area contributed by atoms with Crippen molar-refractivity contribution in [1.29, 1.82) is 0 Å². The van der Waals surface area contributed by atoms with Gasteiger partial charge in [-0.2, -0.15) is 0 Å². The number of fused-ring (bicyclic) bond motifs is 1. The lowest BCUT2D eigenvalue weighted by atomic mass is 10.1. The Labute approximate surface area is 139 Å². The van der Waals surface area contributed by atoms with E-state index in [1.165, 1.54) is 12.5 Å². The summed E-state index contributed by atoms with van der Waals surface area (Å²) in [6.45, 7) is 1.50. The van der Waals surface area contributed by atoms with Gasteiger partial charge >= 0.3 is 0 Å². The Balaban J connectivity index is 1.79. The molecule has 24 heavy (non-hydrogen) atoms. The Hall–Kier alpha value is -3.21. The van der Waals surface area contributed by atoms with Crippen LogP contribution in [0.3, 0.4) is 0 Å². The first-order valence-corrected chi connectivity index (χ1v) is 7.79. The van der Waals surface area contributed by atoms with Crippen LogP contribution in [-0.2, 0) is 4.79 Å². The largest absolute Gasteiger partial charge is 0.326 e. The second-order valence-electron chi connectivity index (χ2n) is 5.70. The average molecular weight is 316 g/mol. The number of benzene rings is 1. The van der Waals surface area contributed by atoms with Gasteiger partial charge in [0.2, 0.25) is 5.91 Å². The molecule has 5 nitrogen and oxygen atoms in total. The quantitative estimate of drug-likeness (QED) is 0.801. The smallest absolute Gasteiger partial charge is 0.221 e. The van der Waals surface area contributed by atoms with Gasteiger partial charge in [-0.25, -0.2) is 4.98 Å². The average Bonchev–Trinajstić information content (AvgIpc) is 3.23. The summed E-state index contributed by atoms with van der Waals surface area (Å²) in [4.78, 5) is 20.2. The van der Waals surface area contributed by atoms with Crippen LogP contribution in [0, 0.1) is 0 Å². The summed E-state index contributed by atoms with van der Waals surface area (Å²) in [5, 5.41) is 2.80. The summed E-state index contributed by atoms with van der Waals surface area (Å²) < 4.78 is 2.05. The summed E-state index contributed by atoms with van der Waals surface area (Å²) in [6, 6.07) is 7.66. The molecule has 3 aromatic rings. The zero-order valence-corrected chi connectivity index (χ0v) is 13.2. The maximum Gasteiger partial charge on any atom is 0.221 e. The minimum absolute atomic E-state index is 0.0904. The van der Waals surface area contributed by atoms with Crippen LogP contribution >= 0.6 is 0 Å². The number of anilines is 1. The van der Waals surface area contributed by atoms with Crippen LogP contribution in [0.25, 0.3) is 22.5 Å². The molecule has 118 valence electrons. The maximum atomic E-state index is 11.2. The van der Waals surface area contributed by atoms with Crippen LogP contribution in [-0.4, -0.2) is 20.3 Å². The van der Waals surface area contributed by atoms with Crippen molar-refractivity contribution in [2.24, 2.45) is 0 Å². The molecule has 0 unspecified atom stereocenters. The molecule has 0 saturated carbocycles. The fraction of sp³-hybridized carbons (Fsp3) is 0.105. The molecule has 0 atom stereocenters. The van der Waals surface area contributed by atoms with E-state index >= 15 is 0 Å². The number of aromatic nitrogens is 3. The van der Waals surface area contributed by atoms with Crippen LogP contribution in [0.4, 0.5) is 5.69 Å². The lowest BCUT2D eigenvalue weighted by Crippen LogP contribution is -2.05. The monoisotopic (exact) mass is 316 g/mol. The molecule has 1 aliphatic carbocycles. The number of allylic oxidation sites excluding steroid dienone is 4. The Bertz CT molecular complexity index is 998. The molecule has 1 aromatic carbocycles. The van der Waals surface area contributed by atoms with Crippen molar-refractivity contribution in [3.63, 3.8) is 0 Å². The summed E-state index contributed by atoms with van der Waals surface area (Å²) in [5.41, 5.74) is 5.57. The highest BCUT2D eigenvalue weighted by atomic mass is 16.1. The minimum atomic E-state index is -0.0904. The fourth-order valence-corrected chi connectivity index (χ4v) is 2.86. The number of carbonyl (C=O) groups is 1. The van der Waals surface area contributed by atoms with Crippen molar-refractivity contribution in [3.05, 3.63) is 66.8 Å². The van der Waals surface area contributed by atoms with Crippen molar-refractivity contribution >= 4 is 22.8 Å². The van der Waals surface area contributed by atoms with E-state index in [1.54, 1.807) is 6.20 Å². The van der Waals surface area contributed by atoms with Crippen LogP contribution in [0.15, 0.2) is 61.1 Å². The highest BCUT2D eigenvalue weighted by Gasteiger charge is 2.10. The van der Waals surface area contributed by atoms with Gasteiger partial charge in [0.25, 0.3) is 0 Å². The van der Waals surface area contributed by atoms with Crippen LogP contribution in [0.2, 0.25) is 0 Å². The lowest BCUT2D eigenvalue weighted by Gasteiger charge is -2.07. The maximum absolute atomic E-state index is 11.2. The second-order valence-corrected chi connectivity index (χ2v) is 5.70. The van der Waals surface area contributed by atoms with E-state index < -0.39 is 0 Å². The molecule has 1 amide bonds. The normalized spacial score (nSPS) is 13.3. The molecular weight excluding hydrogens is 300 g/mol. The van der Waals surface area contributed by atoms with E-state index in [-0.39, 0.29) is 5.91 Å². The minimum Gasteiger partial charge on any atom is -0.326 e. The van der Waals surface area contributed by atoms with Crippen LogP contribution in [0.5, 0.6) is 0 Å². The molecule has 0 fully saturated rings. The Morgan fingerprint density at radius 2 is 2.17 bits per heavy atom. The molecule has 1 aliphatic rings. The summed E-state index contributed by atoms with van der Waals surface area (Å²) in [5.74, 6) is -0.0904. The van der Waals surface area contributed by atoms with Crippen molar-refractivity contribution in [2.45, 2.75) is 13.3 Å². The number of nitrogens with zero attached hydrogens (tertiary/aromatic N) is 3. The summed E-state index contributed by atoms with van der Waals surface area (Å²) >= 11 is 0. The Morgan fingerprint density at radius 3 is 2.96 bits per heavy atom. The number of rotatable bonds is 3. The number of nitrogens with one attached hydrogen (secondary N) is 1. The van der Waals surface area contributed by atoms with Gasteiger partial charge in [-0.15, -0.1) is 0 Å². The van der Waals surface area contributed by atoms with Gasteiger partial charge < -0.3 is 5.32 Å². The highest BCUT2D eigenvalue weighted by Crippen LogP contribution is 2.25. The van der Waals surface area contributed by atoms with Gasteiger partial charge in [-0.3, -0.25) is 14.2 Å². The van der Waals surface area contributed by atoms with Crippen LogP contribution in [0.1, 0.15) is 19.0 Å². The number of amides is 1. The predicted octanol–water partition coefficient (Wildman–Crippen LogP) is 3.70. The zero-order valence-electron chi connectivity index (χ0n) is 13.2. The third kappa shape index (κ3) is 2.60. The van der Waals surface area contributed by atoms with Gasteiger partial charge in [-0.05, 0) is 24.1 Å². The molecule has 5 heteroatoms. The van der Waals surface area contributed by atoms with Gasteiger partial charge in [0.05, 0.1) is 23.8 Å². The van der Waals surface area contributed by atoms with Crippen molar-refractivity contribution < 1.29 is 4.79 Å². The number of hydrogen-bond donors (Lipinski definition) is 1. The highest BCUT2D eigenvalue weighted by molar-refractivity contribution is 5.89. The predicted molar refractivity (Wildman–Crippen MR) is 94.5 cm³/mol. The van der Waals surface area contributed by atoms with Crippen molar-refractivity contribution in [1.82, 2.24) is 14.4 Å². The number of imidazole rings is 1. The third-order valence-electron chi connectivity index (χ3n) is 3.94. The van der Waals surface area contributed by atoms with Gasteiger partial charge in [-0.1, -0.05) is 30.4 Å². The summed E-state index contributed by atoms with van der Waals surface area (Å²) in [7, 11) is 0. The zero-order chi connectivity index (χ0) is 16.5. The number of hydrogen-bond acceptors (Lipinski definition) is 3.